The quantitative estimate of drug-likeness (QED) is 0.692. The van der Waals surface area contributed by atoms with Crippen LogP contribution in [-0.4, -0.2) is 57.5 Å². The van der Waals surface area contributed by atoms with Crippen LogP contribution in [0.4, 0.5) is 0 Å². The minimum atomic E-state index is -1.82. The maximum Gasteiger partial charge on any atom is 0.414 e. The molecule has 0 atom stereocenters. The van der Waals surface area contributed by atoms with Gasteiger partial charge in [0.1, 0.15) is 0 Å². The summed E-state index contributed by atoms with van der Waals surface area (Å²) < 4.78 is 0. The van der Waals surface area contributed by atoms with E-state index in [0.29, 0.717) is 5.91 Å². The number of benzene rings is 2. The second kappa shape index (κ2) is 11.6. The monoisotopic (exact) mass is 452 g/mol. The highest BCUT2D eigenvalue weighted by molar-refractivity contribution is 6.27. The number of carbonyl (C=O) groups excluding carboxylic acids is 1. The first-order valence-corrected chi connectivity index (χ1v) is 11.5. The highest BCUT2D eigenvalue weighted by atomic mass is 16.4. The van der Waals surface area contributed by atoms with Gasteiger partial charge < -0.3 is 15.1 Å². The number of hydrogen-bond acceptors (Lipinski definition) is 4. The van der Waals surface area contributed by atoms with Crippen molar-refractivity contribution in [3.8, 4) is 0 Å². The Bertz CT molecular complexity index is 953. The highest BCUT2D eigenvalue weighted by Gasteiger charge is 2.30. The fourth-order valence-electron chi connectivity index (χ4n) is 4.42. The van der Waals surface area contributed by atoms with Gasteiger partial charge in [0, 0.05) is 25.6 Å². The number of aliphatic carboxylic acids is 2. The van der Waals surface area contributed by atoms with Crippen molar-refractivity contribution < 1.29 is 24.6 Å². The van der Waals surface area contributed by atoms with Crippen LogP contribution in [0.3, 0.4) is 0 Å². The molecule has 0 unspecified atom stereocenters. The van der Waals surface area contributed by atoms with E-state index < -0.39 is 11.9 Å². The van der Waals surface area contributed by atoms with Crippen LogP contribution < -0.4 is 0 Å². The van der Waals surface area contributed by atoms with Crippen molar-refractivity contribution in [3.05, 3.63) is 70.8 Å². The van der Waals surface area contributed by atoms with E-state index in [1.54, 1.807) is 0 Å². The Morgan fingerprint density at radius 3 is 2.00 bits per heavy atom. The normalized spacial score (nSPS) is 16.3. The lowest BCUT2D eigenvalue weighted by Gasteiger charge is -2.36. The van der Waals surface area contributed by atoms with E-state index >= 15 is 0 Å². The minimum Gasteiger partial charge on any atom is -0.473 e. The van der Waals surface area contributed by atoms with Crippen LogP contribution >= 0.6 is 0 Å². The van der Waals surface area contributed by atoms with Crippen LogP contribution in [0.2, 0.25) is 0 Å². The number of aryl methyl sites for hydroxylation is 1. The summed E-state index contributed by atoms with van der Waals surface area (Å²) in [6.45, 7) is 6.91. The third-order valence-corrected chi connectivity index (χ3v) is 6.40. The largest absolute Gasteiger partial charge is 0.473 e. The van der Waals surface area contributed by atoms with Crippen LogP contribution in [0.15, 0.2) is 48.5 Å². The lowest BCUT2D eigenvalue weighted by molar-refractivity contribution is -0.159. The van der Waals surface area contributed by atoms with Crippen molar-refractivity contribution in [2.75, 3.05) is 19.6 Å². The Kier molecular flexibility index (Phi) is 8.60. The number of rotatable bonds is 4. The molecule has 0 radical (unpaired) electrons. The number of carbonyl (C=O) groups is 3. The van der Waals surface area contributed by atoms with Crippen molar-refractivity contribution in [2.45, 2.75) is 45.7 Å². The molecule has 2 aliphatic heterocycles. The lowest BCUT2D eigenvalue weighted by Crippen LogP contribution is -2.44. The Labute approximate surface area is 194 Å². The van der Waals surface area contributed by atoms with Crippen LogP contribution in [0.5, 0.6) is 0 Å². The van der Waals surface area contributed by atoms with Crippen LogP contribution in [-0.2, 0) is 40.3 Å². The molecule has 0 aliphatic carbocycles. The van der Waals surface area contributed by atoms with Crippen molar-refractivity contribution >= 4 is 17.8 Å². The summed E-state index contributed by atoms with van der Waals surface area (Å²) in [6, 6.07) is 17.5. The molecule has 0 spiro atoms. The summed E-state index contributed by atoms with van der Waals surface area (Å²) in [5.74, 6) is -3.07. The number of amides is 1. The zero-order valence-electron chi connectivity index (χ0n) is 19.1. The molecule has 2 aromatic carbocycles. The molecule has 0 bridgehead atoms. The first kappa shape index (κ1) is 24.5. The van der Waals surface area contributed by atoms with Crippen molar-refractivity contribution in [2.24, 2.45) is 5.92 Å². The zero-order chi connectivity index (χ0) is 23.8. The molecule has 1 saturated heterocycles. The molecule has 2 heterocycles. The Hall–Kier alpha value is -3.19. The maximum atomic E-state index is 13.0. The molecule has 2 aliphatic rings. The molecular weight excluding hydrogens is 420 g/mol. The lowest BCUT2D eigenvalue weighted by atomic mass is 9.93. The van der Waals surface area contributed by atoms with Gasteiger partial charge in [-0.2, -0.15) is 0 Å². The third kappa shape index (κ3) is 6.89. The first-order valence-electron chi connectivity index (χ1n) is 11.5. The van der Waals surface area contributed by atoms with Gasteiger partial charge in [0.2, 0.25) is 5.91 Å². The molecule has 2 N–H and O–H groups in total. The number of hydrogen-bond donors (Lipinski definition) is 2. The van der Waals surface area contributed by atoms with Crippen molar-refractivity contribution in [1.29, 1.82) is 0 Å². The molecule has 0 aromatic heterocycles. The average molecular weight is 453 g/mol. The zero-order valence-corrected chi connectivity index (χ0v) is 19.1. The van der Waals surface area contributed by atoms with E-state index in [4.69, 9.17) is 19.8 Å². The van der Waals surface area contributed by atoms with E-state index in [1.165, 1.54) is 22.3 Å². The molecule has 0 saturated carbocycles. The Morgan fingerprint density at radius 1 is 0.848 bits per heavy atom. The molecule has 7 heteroatoms. The molecule has 1 amide bonds. The molecule has 33 heavy (non-hydrogen) atoms. The summed E-state index contributed by atoms with van der Waals surface area (Å²) in [5.41, 5.74) is 5.51. The average Bonchev–Trinajstić information content (AvgIpc) is 2.84. The van der Waals surface area contributed by atoms with E-state index in [9.17, 15) is 4.79 Å². The van der Waals surface area contributed by atoms with Gasteiger partial charge in [0.25, 0.3) is 0 Å². The Morgan fingerprint density at radius 2 is 1.42 bits per heavy atom. The topological polar surface area (TPSA) is 98.2 Å². The number of nitrogens with zero attached hydrogens (tertiary/aromatic N) is 2. The summed E-state index contributed by atoms with van der Waals surface area (Å²) in [5, 5.41) is 14.8. The fourth-order valence-corrected chi connectivity index (χ4v) is 4.42. The van der Waals surface area contributed by atoms with Crippen molar-refractivity contribution in [1.82, 2.24) is 9.80 Å². The minimum absolute atomic E-state index is 0.203. The standard InChI is InChI=1S/C24H30N2O.C2H2O4/c1-2-19-7-9-20(10-8-19)17-25-14-11-22(12-15-25)24(27)26-16-13-21-5-3-4-6-23(21)18-26;3-1(4)2(5)6/h3-10,22H,2,11-18H2,1H3;(H,3,4)(H,5,6). The van der Waals surface area contributed by atoms with Crippen LogP contribution in [0.25, 0.3) is 0 Å². The smallest absolute Gasteiger partial charge is 0.414 e. The number of carboxylic acid groups (broad SMARTS) is 2. The SMILES string of the molecule is CCc1ccc(CN2CCC(C(=O)N3CCc4ccccc4C3)CC2)cc1.O=C(O)C(=O)O. The van der Waals surface area contributed by atoms with Crippen LogP contribution in [0, 0.1) is 5.92 Å². The van der Waals surface area contributed by atoms with Gasteiger partial charge in [0.15, 0.2) is 0 Å². The van der Waals surface area contributed by atoms with E-state index in [2.05, 4.69) is 65.3 Å². The third-order valence-electron chi connectivity index (χ3n) is 6.40. The first-order chi connectivity index (χ1) is 15.9. The maximum absolute atomic E-state index is 13.0. The van der Waals surface area contributed by atoms with Crippen molar-refractivity contribution in [3.63, 3.8) is 0 Å². The molecule has 7 nitrogen and oxygen atoms in total. The second-order valence-electron chi connectivity index (χ2n) is 8.61. The molecule has 2 aromatic rings. The summed E-state index contributed by atoms with van der Waals surface area (Å²) in [4.78, 5) is 35.8. The number of carboxylic acids is 2. The van der Waals surface area contributed by atoms with Gasteiger partial charge in [-0.3, -0.25) is 9.69 Å². The van der Waals surface area contributed by atoms with Gasteiger partial charge in [-0.25, -0.2) is 9.59 Å². The molecule has 4 rings (SSSR count). The van der Waals surface area contributed by atoms with Gasteiger partial charge in [-0.1, -0.05) is 55.5 Å². The number of fused-ring (bicyclic) bond motifs is 1. The Balaban J connectivity index is 0.000000454. The summed E-state index contributed by atoms with van der Waals surface area (Å²) in [7, 11) is 0. The fraction of sp³-hybridized carbons (Fsp3) is 0.423. The summed E-state index contributed by atoms with van der Waals surface area (Å²) >= 11 is 0. The van der Waals surface area contributed by atoms with Crippen LogP contribution in [0.1, 0.15) is 42.0 Å². The van der Waals surface area contributed by atoms with E-state index in [1.807, 2.05) is 0 Å². The van der Waals surface area contributed by atoms with Gasteiger partial charge in [-0.05, 0) is 61.0 Å². The number of piperidine rings is 1. The number of likely N-dealkylation sites (tertiary alicyclic amines) is 1. The highest BCUT2D eigenvalue weighted by Crippen LogP contribution is 2.25. The van der Waals surface area contributed by atoms with E-state index in [0.717, 1.165) is 58.4 Å². The molecular formula is C26H32N2O5. The van der Waals surface area contributed by atoms with Gasteiger partial charge >= 0.3 is 11.9 Å². The van der Waals surface area contributed by atoms with Gasteiger partial charge in [0.05, 0.1) is 0 Å². The van der Waals surface area contributed by atoms with E-state index in [-0.39, 0.29) is 5.92 Å². The predicted molar refractivity (Wildman–Crippen MR) is 125 cm³/mol. The molecule has 1 fully saturated rings. The summed E-state index contributed by atoms with van der Waals surface area (Å²) in [6.07, 6.45) is 4.07. The van der Waals surface area contributed by atoms with Gasteiger partial charge in [-0.15, -0.1) is 0 Å². The molecule has 176 valence electrons. The second-order valence-corrected chi connectivity index (χ2v) is 8.61. The predicted octanol–water partition coefficient (Wildman–Crippen LogP) is 3.20.